The first kappa shape index (κ1) is 28.2. The summed E-state index contributed by atoms with van der Waals surface area (Å²) in [6.45, 7) is 11.2. The maximum absolute atomic E-state index is 14.4. The third-order valence-electron chi connectivity index (χ3n) is 7.99. The Morgan fingerprint density at radius 1 is 1.21 bits per heavy atom. The quantitative estimate of drug-likeness (QED) is 0.386. The fourth-order valence-electron chi connectivity index (χ4n) is 6.49. The summed E-state index contributed by atoms with van der Waals surface area (Å²) in [5.74, 6) is -0.679. The third kappa shape index (κ3) is 4.75. The van der Waals surface area contributed by atoms with E-state index in [0.29, 0.717) is 37.4 Å². The van der Waals surface area contributed by atoms with Gasteiger partial charge in [0.1, 0.15) is 11.8 Å². The molecule has 206 valence electrons. The Morgan fingerprint density at radius 2 is 1.92 bits per heavy atom. The second kappa shape index (κ2) is 11.9. The van der Waals surface area contributed by atoms with Crippen LogP contribution in [0.3, 0.4) is 0 Å². The number of rotatable bonds is 13. The van der Waals surface area contributed by atoms with Crippen LogP contribution in [0, 0.1) is 11.8 Å². The molecular weight excluding hydrogens is 502 g/mol. The van der Waals surface area contributed by atoms with Gasteiger partial charge >= 0.3 is 0 Å². The molecule has 4 rings (SSSR count). The first-order valence-electron chi connectivity index (χ1n) is 13.4. The molecule has 0 aromatic heterocycles. The van der Waals surface area contributed by atoms with Crippen LogP contribution in [0.4, 0.5) is 5.69 Å². The number of amides is 3. The molecule has 3 heterocycles. The number of likely N-dealkylation sites (tertiary alicyclic amines) is 1. The summed E-state index contributed by atoms with van der Waals surface area (Å²) in [5.41, 5.74) is 0.690. The molecule has 5 atom stereocenters. The number of methoxy groups -OCH3 is 1. The zero-order valence-electron chi connectivity index (χ0n) is 22.4. The number of anilines is 1. The second-order valence-electron chi connectivity index (χ2n) is 10.2. The van der Waals surface area contributed by atoms with Gasteiger partial charge in [0.05, 0.1) is 23.7 Å². The van der Waals surface area contributed by atoms with Crippen LogP contribution in [0.25, 0.3) is 0 Å². The van der Waals surface area contributed by atoms with E-state index in [0.717, 1.165) is 12.8 Å². The van der Waals surface area contributed by atoms with Crippen LogP contribution in [0.2, 0.25) is 0 Å². The summed E-state index contributed by atoms with van der Waals surface area (Å²) in [5, 5.41) is 9.59. The molecule has 1 N–H and O–H groups in total. The zero-order chi connectivity index (χ0) is 27.4. The standard InChI is InChI=1S/C29H39N3O5S/c1-5-15-30(16-6-2)26(34)23-22-13-14-29(38-22)24(23)27(35)32(18-8-19-33)25(29)28(36)31(17-7-3)20-9-11-21(37-4)12-10-20/h5,7,9-12,22-25,33H,1,3,6,8,13-19H2,2,4H3/t22-,23+,24-,25?,29?/m0/s1. The maximum atomic E-state index is 14.4. The molecule has 2 bridgehead atoms. The zero-order valence-corrected chi connectivity index (χ0v) is 23.2. The highest BCUT2D eigenvalue weighted by molar-refractivity contribution is 8.02. The lowest BCUT2D eigenvalue weighted by molar-refractivity contribution is -0.144. The van der Waals surface area contributed by atoms with E-state index in [1.165, 1.54) is 0 Å². The molecule has 1 spiro atoms. The number of fused-ring (bicyclic) bond motifs is 1. The molecule has 0 aliphatic carbocycles. The van der Waals surface area contributed by atoms with Crippen LogP contribution in [0.1, 0.15) is 32.6 Å². The molecule has 0 saturated carbocycles. The van der Waals surface area contributed by atoms with Crippen LogP contribution in [-0.4, -0.2) is 88.6 Å². The van der Waals surface area contributed by atoms with E-state index in [1.807, 2.05) is 19.1 Å². The van der Waals surface area contributed by atoms with Crippen LogP contribution >= 0.6 is 11.8 Å². The largest absolute Gasteiger partial charge is 0.497 e. The van der Waals surface area contributed by atoms with E-state index in [1.54, 1.807) is 57.9 Å². The molecular formula is C29H39N3O5S. The van der Waals surface area contributed by atoms with Crippen molar-refractivity contribution >= 4 is 35.2 Å². The van der Waals surface area contributed by atoms with E-state index in [4.69, 9.17) is 4.74 Å². The van der Waals surface area contributed by atoms with Crippen molar-refractivity contribution in [3.05, 3.63) is 49.6 Å². The minimum Gasteiger partial charge on any atom is -0.497 e. The number of carbonyl (C=O) groups excluding carboxylic acids is 3. The van der Waals surface area contributed by atoms with Crippen molar-refractivity contribution in [2.75, 3.05) is 44.8 Å². The fourth-order valence-corrected chi connectivity index (χ4v) is 8.69. The lowest BCUT2D eigenvalue weighted by atomic mass is 9.70. The molecule has 0 radical (unpaired) electrons. The van der Waals surface area contributed by atoms with Gasteiger partial charge in [-0.3, -0.25) is 14.4 Å². The van der Waals surface area contributed by atoms with Gasteiger partial charge in [-0.15, -0.1) is 24.9 Å². The van der Waals surface area contributed by atoms with Crippen molar-refractivity contribution in [3.8, 4) is 5.75 Å². The Hall–Kier alpha value is -2.78. The SMILES string of the molecule is C=CCN(CCC)C(=O)[C@@H]1[C@@H]2CCC3(S2)C(C(=O)N(CC=C)c2ccc(OC)cc2)N(CCCO)C(=O)[C@H]13. The minimum atomic E-state index is -0.722. The van der Waals surface area contributed by atoms with Crippen LogP contribution < -0.4 is 9.64 Å². The van der Waals surface area contributed by atoms with E-state index >= 15 is 0 Å². The molecule has 3 amide bonds. The van der Waals surface area contributed by atoms with Crippen molar-refractivity contribution in [3.63, 3.8) is 0 Å². The normalized spacial score (nSPS) is 27.2. The van der Waals surface area contributed by atoms with Crippen molar-refractivity contribution in [2.45, 2.75) is 48.6 Å². The number of hydrogen-bond acceptors (Lipinski definition) is 6. The smallest absolute Gasteiger partial charge is 0.251 e. The van der Waals surface area contributed by atoms with Crippen molar-refractivity contribution in [1.29, 1.82) is 0 Å². The average Bonchev–Trinajstić information content (AvgIpc) is 3.57. The molecule has 3 aliphatic rings. The number of nitrogens with zero attached hydrogens (tertiary/aromatic N) is 3. The first-order valence-corrected chi connectivity index (χ1v) is 14.3. The summed E-state index contributed by atoms with van der Waals surface area (Å²) in [6, 6.07) is 6.53. The predicted octanol–water partition coefficient (Wildman–Crippen LogP) is 3.11. The second-order valence-corrected chi connectivity index (χ2v) is 11.8. The monoisotopic (exact) mass is 541 g/mol. The Kier molecular flexibility index (Phi) is 8.88. The highest BCUT2D eigenvalue weighted by Gasteiger charge is 2.74. The minimum absolute atomic E-state index is 0.00440. The Balaban J connectivity index is 1.73. The molecule has 8 nitrogen and oxygen atoms in total. The van der Waals surface area contributed by atoms with E-state index in [9.17, 15) is 19.5 Å². The lowest BCUT2D eigenvalue weighted by Gasteiger charge is -2.37. The molecule has 3 saturated heterocycles. The predicted molar refractivity (Wildman–Crippen MR) is 150 cm³/mol. The van der Waals surface area contributed by atoms with Crippen molar-refractivity contribution < 1.29 is 24.2 Å². The number of thioether (sulfide) groups is 1. The van der Waals surface area contributed by atoms with Crippen LogP contribution in [0.5, 0.6) is 5.75 Å². The Bertz CT molecular complexity index is 1060. The fraction of sp³-hybridized carbons (Fsp3) is 0.552. The third-order valence-corrected chi connectivity index (χ3v) is 9.94. The highest BCUT2D eigenvalue weighted by atomic mass is 32.2. The maximum Gasteiger partial charge on any atom is 0.251 e. The Morgan fingerprint density at radius 3 is 2.53 bits per heavy atom. The molecule has 3 fully saturated rings. The number of ether oxygens (including phenoxy) is 1. The van der Waals surface area contributed by atoms with Crippen molar-refractivity contribution in [2.24, 2.45) is 11.8 Å². The number of benzene rings is 1. The molecule has 2 unspecified atom stereocenters. The number of aliphatic hydroxyl groups excluding tert-OH is 1. The molecule has 3 aliphatic heterocycles. The lowest BCUT2D eigenvalue weighted by Crippen LogP contribution is -2.55. The van der Waals surface area contributed by atoms with Gasteiger partial charge in [-0.1, -0.05) is 19.1 Å². The highest BCUT2D eigenvalue weighted by Crippen LogP contribution is 2.66. The van der Waals surface area contributed by atoms with Gasteiger partial charge in [0.25, 0.3) is 5.91 Å². The summed E-state index contributed by atoms with van der Waals surface area (Å²) in [4.78, 5) is 47.5. The van der Waals surface area contributed by atoms with Crippen LogP contribution in [-0.2, 0) is 14.4 Å². The van der Waals surface area contributed by atoms with Gasteiger partial charge < -0.3 is 24.5 Å². The van der Waals surface area contributed by atoms with Gasteiger partial charge in [0.2, 0.25) is 11.8 Å². The van der Waals surface area contributed by atoms with E-state index in [2.05, 4.69) is 13.2 Å². The van der Waals surface area contributed by atoms with Gasteiger partial charge in [-0.05, 0) is 49.9 Å². The summed E-state index contributed by atoms with van der Waals surface area (Å²) in [7, 11) is 1.59. The van der Waals surface area contributed by atoms with Gasteiger partial charge in [0, 0.05) is 43.7 Å². The molecule has 1 aromatic rings. The van der Waals surface area contributed by atoms with Crippen LogP contribution in [0.15, 0.2) is 49.6 Å². The molecule has 9 heteroatoms. The number of aliphatic hydroxyl groups is 1. The molecule has 38 heavy (non-hydrogen) atoms. The molecule has 1 aromatic carbocycles. The average molecular weight is 542 g/mol. The number of carbonyl (C=O) groups is 3. The van der Waals surface area contributed by atoms with Crippen molar-refractivity contribution in [1.82, 2.24) is 9.80 Å². The summed E-state index contributed by atoms with van der Waals surface area (Å²) < 4.78 is 4.61. The van der Waals surface area contributed by atoms with Gasteiger partial charge in [-0.25, -0.2) is 0 Å². The first-order chi connectivity index (χ1) is 18.4. The number of hydrogen-bond donors (Lipinski definition) is 1. The van der Waals surface area contributed by atoms with Gasteiger partial charge in [-0.2, -0.15) is 0 Å². The van der Waals surface area contributed by atoms with Gasteiger partial charge in [0.15, 0.2) is 0 Å². The topological polar surface area (TPSA) is 90.4 Å². The van der Waals surface area contributed by atoms with E-state index < -0.39 is 22.6 Å². The Labute approximate surface area is 229 Å². The summed E-state index contributed by atoms with van der Waals surface area (Å²) in [6.07, 6.45) is 6.08. The summed E-state index contributed by atoms with van der Waals surface area (Å²) >= 11 is 1.66. The van der Waals surface area contributed by atoms with E-state index in [-0.39, 0.29) is 42.7 Å².